The van der Waals surface area contributed by atoms with Gasteiger partial charge < -0.3 is 5.11 Å². The maximum absolute atomic E-state index is 9.25. The van der Waals surface area contributed by atoms with Gasteiger partial charge in [0.05, 0.1) is 6.10 Å². The molecule has 16 heavy (non-hydrogen) atoms. The summed E-state index contributed by atoms with van der Waals surface area (Å²) in [6.07, 6.45) is 11.0. The number of hydrogen-bond donors (Lipinski definition) is 3. The first-order chi connectivity index (χ1) is 7.83. The molecule has 0 spiro atoms. The summed E-state index contributed by atoms with van der Waals surface area (Å²) < 4.78 is 0. The molecule has 0 heterocycles. The zero-order valence-electron chi connectivity index (χ0n) is 10.3. The van der Waals surface area contributed by atoms with Crippen molar-refractivity contribution in [2.75, 3.05) is 6.54 Å². The zero-order valence-corrected chi connectivity index (χ0v) is 10.3. The van der Waals surface area contributed by atoms with E-state index in [-0.39, 0.29) is 6.10 Å². The van der Waals surface area contributed by atoms with Crippen LogP contribution < -0.4 is 10.9 Å². The van der Waals surface area contributed by atoms with Crippen LogP contribution in [0.25, 0.3) is 0 Å². The Bertz CT molecular complexity index is 181. The highest BCUT2D eigenvalue weighted by atomic mass is 16.3. The first-order valence-corrected chi connectivity index (χ1v) is 6.62. The molecule has 1 aliphatic carbocycles. The number of aliphatic hydroxyl groups is 1. The molecule has 1 aliphatic rings. The van der Waals surface area contributed by atoms with Gasteiger partial charge in [-0.05, 0) is 25.7 Å². The standard InChI is InChI=1S/C13H26N2O/c1-2-13(16)10-5-3-4-6-11-14-15-12-8-7-9-12/h2,12-16H,1,3-11H2. The van der Waals surface area contributed by atoms with Crippen LogP contribution in [0.1, 0.15) is 51.4 Å². The number of hydrogen-bond acceptors (Lipinski definition) is 3. The van der Waals surface area contributed by atoms with Crippen molar-refractivity contribution in [2.24, 2.45) is 0 Å². The van der Waals surface area contributed by atoms with Gasteiger partial charge in [-0.2, -0.15) is 0 Å². The highest BCUT2D eigenvalue weighted by molar-refractivity contribution is 4.77. The van der Waals surface area contributed by atoms with Crippen molar-refractivity contribution in [3.05, 3.63) is 12.7 Å². The van der Waals surface area contributed by atoms with Gasteiger partial charge in [-0.1, -0.05) is 31.8 Å². The third-order valence-electron chi connectivity index (χ3n) is 3.24. The van der Waals surface area contributed by atoms with Crippen LogP contribution >= 0.6 is 0 Å². The third kappa shape index (κ3) is 6.26. The lowest BCUT2D eigenvalue weighted by molar-refractivity contribution is 0.208. The van der Waals surface area contributed by atoms with E-state index in [1.54, 1.807) is 6.08 Å². The molecule has 0 aromatic heterocycles. The van der Waals surface area contributed by atoms with Crippen molar-refractivity contribution in [1.29, 1.82) is 0 Å². The van der Waals surface area contributed by atoms with Gasteiger partial charge >= 0.3 is 0 Å². The average molecular weight is 226 g/mol. The second-order valence-electron chi connectivity index (χ2n) is 4.70. The lowest BCUT2D eigenvalue weighted by Gasteiger charge is -2.26. The molecule has 1 fully saturated rings. The molecule has 0 saturated heterocycles. The molecule has 1 rings (SSSR count). The summed E-state index contributed by atoms with van der Waals surface area (Å²) in [5.41, 5.74) is 6.62. The number of aliphatic hydroxyl groups excluding tert-OH is 1. The minimum Gasteiger partial charge on any atom is -0.389 e. The van der Waals surface area contributed by atoms with E-state index in [4.69, 9.17) is 0 Å². The Labute approximate surface area is 99.3 Å². The van der Waals surface area contributed by atoms with Crippen LogP contribution in [0, 0.1) is 0 Å². The van der Waals surface area contributed by atoms with E-state index in [1.807, 2.05) is 0 Å². The van der Waals surface area contributed by atoms with Gasteiger partial charge in [0.2, 0.25) is 0 Å². The highest BCUT2D eigenvalue weighted by Gasteiger charge is 2.15. The normalized spacial score (nSPS) is 18.1. The summed E-state index contributed by atoms with van der Waals surface area (Å²) in [6, 6.07) is 0.725. The van der Waals surface area contributed by atoms with E-state index in [0.29, 0.717) is 0 Å². The number of rotatable bonds is 10. The molecule has 1 unspecified atom stereocenters. The second kappa shape index (κ2) is 8.74. The van der Waals surface area contributed by atoms with Crippen molar-refractivity contribution in [2.45, 2.75) is 63.5 Å². The molecule has 1 atom stereocenters. The summed E-state index contributed by atoms with van der Waals surface area (Å²) in [5.74, 6) is 0. The third-order valence-corrected chi connectivity index (χ3v) is 3.24. The van der Waals surface area contributed by atoms with Crippen LogP contribution in [0.5, 0.6) is 0 Å². The van der Waals surface area contributed by atoms with E-state index in [0.717, 1.165) is 25.4 Å². The van der Waals surface area contributed by atoms with Crippen LogP contribution in [0.15, 0.2) is 12.7 Å². The van der Waals surface area contributed by atoms with Gasteiger partial charge in [-0.3, -0.25) is 10.9 Å². The molecule has 94 valence electrons. The molecule has 0 aromatic carbocycles. The topological polar surface area (TPSA) is 44.3 Å². The zero-order chi connectivity index (χ0) is 11.6. The summed E-state index contributed by atoms with van der Waals surface area (Å²) in [5, 5.41) is 9.25. The fourth-order valence-corrected chi connectivity index (χ4v) is 1.81. The van der Waals surface area contributed by atoms with Gasteiger partial charge in [0.25, 0.3) is 0 Å². The van der Waals surface area contributed by atoms with Crippen LogP contribution in [0.3, 0.4) is 0 Å². The van der Waals surface area contributed by atoms with Crippen molar-refractivity contribution in [1.82, 2.24) is 10.9 Å². The Morgan fingerprint density at radius 2 is 2.00 bits per heavy atom. The van der Waals surface area contributed by atoms with Crippen LogP contribution in [-0.4, -0.2) is 23.8 Å². The Morgan fingerprint density at radius 1 is 1.25 bits per heavy atom. The predicted molar refractivity (Wildman–Crippen MR) is 68.1 cm³/mol. The molecule has 0 amide bonds. The molecular formula is C13H26N2O. The first kappa shape index (κ1) is 13.7. The molecule has 3 N–H and O–H groups in total. The molecule has 3 heteroatoms. The molecule has 0 bridgehead atoms. The molecule has 0 aliphatic heterocycles. The SMILES string of the molecule is C=CC(O)CCCCCCNNC1CCC1. The second-order valence-corrected chi connectivity index (χ2v) is 4.70. The van der Waals surface area contributed by atoms with Crippen molar-refractivity contribution < 1.29 is 5.11 Å². The Morgan fingerprint density at radius 3 is 2.62 bits per heavy atom. The Kier molecular flexibility index (Phi) is 7.47. The highest BCUT2D eigenvalue weighted by Crippen LogP contribution is 2.16. The summed E-state index contributed by atoms with van der Waals surface area (Å²) in [6.45, 7) is 4.62. The summed E-state index contributed by atoms with van der Waals surface area (Å²) in [4.78, 5) is 0. The van der Waals surface area contributed by atoms with Crippen molar-refractivity contribution in [3.63, 3.8) is 0 Å². The van der Waals surface area contributed by atoms with Crippen LogP contribution in [0.4, 0.5) is 0 Å². The number of unbranched alkanes of at least 4 members (excludes halogenated alkanes) is 3. The summed E-state index contributed by atoms with van der Waals surface area (Å²) in [7, 11) is 0. The molecule has 3 nitrogen and oxygen atoms in total. The van der Waals surface area contributed by atoms with Gasteiger partial charge in [-0.15, -0.1) is 6.58 Å². The monoisotopic (exact) mass is 226 g/mol. The minimum absolute atomic E-state index is 0.307. The lowest BCUT2D eigenvalue weighted by atomic mass is 9.94. The van der Waals surface area contributed by atoms with E-state index >= 15 is 0 Å². The summed E-state index contributed by atoms with van der Waals surface area (Å²) >= 11 is 0. The predicted octanol–water partition coefficient (Wildman–Crippen LogP) is 2.13. The molecule has 0 aromatic rings. The van der Waals surface area contributed by atoms with Gasteiger partial charge in [0.15, 0.2) is 0 Å². The maximum atomic E-state index is 9.25. The smallest absolute Gasteiger partial charge is 0.0718 e. The molecule has 1 saturated carbocycles. The fraction of sp³-hybridized carbons (Fsp3) is 0.846. The lowest BCUT2D eigenvalue weighted by Crippen LogP contribution is -2.44. The number of hydrazine groups is 1. The average Bonchev–Trinajstić information content (AvgIpc) is 2.24. The van der Waals surface area contributed by atoms with E-state index in [1.165, 1.54) is 38.5 Å². The van der Waals surface area contributed by atoms with E-state index in [2.05, 4.69) is 17.4 Å². The van der Waals surface area contributed by atoms with E-state index < -0.39 is 0 Å². The molecule has 0 radical (unpaired) electrons. The quantitative estimate of drug-likeness (QED) is 0.304. The van der Waals surface area contributed by atoms with Crippen LogP contribution in [0.2, 0.25) is 0 Å². The fourth-order valence-electron chi connectivity index (χ4n) is 1.81. The van der Waals surface area contributed by atoms with Gasteiger partial charge in [0.1, 0.15) is 0 Å². The minimum atomic E-state index is -0.307. The Hall–Kier alpha value is -0.380. The van der Waals surface area contributed by atoms with Crippen LogP contribution in [-0.2, 0) is 0 Å². The number of nitrogens with one attached hydrogen (secondary N) is 2. The maximum Gasteiger partial charge on any atom is 0.0718 e. The van der Waals surface area contributed by atoms with Crippen molar-refractivity contribution >= 4 is 0 Å². The van der Waals surface area contributed by atoms with Gasteiger partial charge in [-0.25, -0.2) is 0 Å². The van der Waals surface area contributed by atoms with Gasteiger partial charge in [0, 0.05) is 12.6 Å². The van der Waals surface area contributed by atoms with E-state index in [9.17, 15) is 5.11 Å². The van der Waals surface area contributed by atoms with Crippen molar-refractivity contribution in [3.8, 4) is 0 Å². The Balaban J connectivity index is 1.72. The first-order valence-electron chi connectivity index (χ1n) is 6.62. The molecular weight excluding hydrogens is 200 g/mol. The largest absolute Gasteiger partial charge is 0.389 e.